The lowest BCUT2D eigenvalue weighted by Gasteiger charge is -2.24. The first-order chi connectivity index (χ1) is 14.9. The van der Waals surface area contributed by atoms with Crippen LogP contribution in [-0.2, 0) is 17.8 Å². The number of nitrogens with zero attached hydrogens (tertiary/aromatic N) is 2. The van der Waals surface area contributed by atoms with E-state index in [1.54, 1.807) is 6.92 Å². The molecule has 1 unspecified atom stereocenters. The third-order valence-corrected chi connectivity index (χ3v) is 6.10. The average Bonchev–Trinajstić information content (AvgIpc) is 3.09. The van der Waals surface area contributed by atoms with E-state index in [-0.39, 0.29) is 12.2 Å². The Kier molecular flexibility index (Phi) is 7.73. The first kappa shape index (κ1) is 22.9. The van der Waals surface area contributed by atoms with Crippen LogP contribution in [0, 0.1) is 6.92 Å². The molecule has 0 saturated heterocycles. The highest BCUT2D eigenvalue weighted by Gasteiger charge is 2.21. The van der Waals surface area contributed by atoms with E-state index in [4.69, 9.17) is 4.74 Å². The van der Waals surface area contributed by atoms with Crippen molar-refractivity contribution in [2.45, 2.75) is 39.5 Å². The number of rotatable bonds is 10. The Hall–Kier alpha value is -2.81. The summed E-state index contributed by atoms with van der Waals surface area (Å²) in [6, 6.07) is 9.94. The molecule has 31 heavy (non-hydrogen) atoms. The van der Waals surface area contributed by atoms with Crippen molar-refractivity contribution in [3.8, 4) is 0 Å². The zero-order valence-electron chi connectivity index (χ0n) is 17.8. The first-order valence-corrected chi connectivity index (χ1v) is 11.0. The number of esters is 1. The van der Waals surface area contributed by atoms with E-state index in [9.17, 15) is 14.7 Å². The van der Waals surface area contributed by atoms with E-state index in [0.717, 1.165) is 16.9 Å². The van der Waals surface area contributed by atoms with Crippen molar-refractivity contribution in [1.29, 1.82) is 0 Å². The number of hydrogen-bond acceptors (Lipinski definition) is 7. The lowest BCUT2D eigenvalue weighted by molar-refractivity contribution is 0.0554. The highest BCUT2D eigenvalue weighted by molar-refractivity contribution is 7.20. The van der Waals surface area contributed by atoms with Gasteiger partial charge in [0.05, 0.1) is 18.0 Å². The predicted octanol–water partition coefficient (Wildman–Crippen LogP) is 3.41. The fourth-order valence-electron chi connectivity index (χ4n) is 3.32. The van der Waals surface area contributed by atoms with Crippen LogP contribution in [0.15, 0.2) is 47.8 Å². The van der Waals surface area contributed by atoms with Gasteiger partial charge in [0.1, 0.15) is 22.1 Å². The normalized spacial score (nSPS) is 12.3. The molecule has 0 aliphatic carbocycles. The van der Waals surface area contributed by atoms with Crippen LogP contribution >= 0.6 is 11.3 Å². The van der Waals surface area contributed by atoms with Crippen LogP contribution in [0.2, 0.25) is 0 Å². The van der Waals surface area contributed by atoms with Crippen molar-refractivity contribution in [3.63, 3.8) is 0 Å². The standard InChI is InChI=1S/C23H27N3O4S/c1-4-11-30-23(29)20-15(3)19-21(28)24-18(25-22(19)31-20)14-26(13-17(27)5-2)12-16-9-7-6-8-10-16/h4,6-10,17,27H,1,5,11-14H2,2-3H3,(H,24,25,28). The average molecular weight is 442 g/mol. The van der Waals surface area contributed by atoms with Gasteiger partial charge in [-0.1, -0.05) is 49.9 Å². The largest absolute Gasteiger partial charge is 0.457 e. The molecule has 0 radical (unpaired) electrons. The number of fused-ring (bicyclic) bond motifs is 1. The minimum Gasteiger partial charge on any atom is -0.457 e. The SMILES string of the molecule is C=CCOC(=O)c1sc2nc(CN(Cc3ccccc3)CC(O)CC)[nH]c(=O)c2c1C. The molecule has 2 aromatic heterocycles. The summed E-state index contributed by atoms with van der Waals surface area (Å²) in [4.78, 5) is 35.4. The van der Waals surface area contributed by atoms with Crippen molar-refractivity contribution in [2.75, 3.05) is 13.2 Å². The molecule has 1 aromatic carbocycles. The topological polar surface area (TPSA) is 95.5 Å². The third-order valence-electron chi connectivity index (χ3n) is 4.93. The van der Waals surface area contributed by atoms with Gasteiger partial charge in [-0.05, 0) is 24.5 Å². The molecule has 2 heterocycles. The molecule has 3 rings (SSSR count). The van der Waals surface area contributed by atoms with E-state index in [1.807, 2.05) is 42.2 Å². The molecule has 3 aromatic rings. The van der Waals surface area contributed by atoms with Crippen LogP contribution < -0.4 is 5.56 Å². The van der Waals surface area contributed by atoms with Gasteiger partial charge in [-0.2, -0.15) is 0 Å². The van der Waals surface area contributed by atoms with Crippen molar-refractivity contribution >= 4 is 27.5 Å². The molecular weight excluding hydrogens is 414 g/mol. The monoisotopic (exact) mass is 441 g/mol. The molecule has 0 aliphatic heterocycles. The Bertz CT molecular complexity index is 1110. The number of nitrogens with one attached hydrogen (secondary N) is 1. The minimum absolute atomic E-state index is 0.107. The maximum absolute atomic E-state index is 12.8. The van der Waals surface area contributed by atoms with Gasteiger partial charge >= 0.3 is 5.97 Å². The summed E-state index contributed by atoms with van der Waals surface area (Å²) < 4.78 is 5.12. The highest BCUT2D eigenvalue weighted by atomic mass is 32.1. The molecule has 0 spiro atoms. The van der Waals surface area contributed by atoms with Gasteiger partial charge in [0.25, 0.3) is 5.56 Å². The number of hydrogen-bond donors (Lipinski definition) is 2. The van der Waals surface area contributed by atoms with Gasteiger partial charge in [-0.25, -0.2) is 9.78 Å². The van der Waals surface area contributed by atoms with Crippen molar-refractivity contribution in [2.24, 2.45) is 0 Å². The fraction of sp³-hybridized carbons (Fsp3) is 0.348. The number of aromatic nitrogens is 2. The number of thiophene rings is 1. The molecule has 1 atom stereocenters. The van der Waals surface area contributed by atoms with Crippen LogP contribution in [-0.4, -0.2) is 45.2 Å². The number of H-pyrrole nitrogens is 1. The first-order valence-electron chi connectivity index (χ1n) is 10.2. The second-order valence-electron chi connectivity index (χ2n) is 7.35. The van der Waals surface area contributed by atoms with Crippen LogP contribution in [0.5, 0.6) is 0 Å². The van der Waals surface area contributed by atoms with E-state index < -0.39 is 12.1 Å². The molecule has 0 saturated carbocycles. The molecule has 0 aliphatic rings. The smallest absolute Gasteiger partial charge is 0.348 e. The molecule has 7 nitrogen and oxygen atoms in total. The second-order valence-corrected chi connectivity index (χ2v) is 8.35. The number of ether oxygens (including phenoxy) is 1. The number of aryl methyl sites for hydroxylation is 1. The zero-order chi connectivity index (χ0) is 22.4. The van der Waals surface area contributed by atoms with E-state index in [0.29, 0.717) is 52.5 Å². The summed E-state index contributed by atoms with van der Waals surface area (Å²) in [7, 11) is 0. The maximum Gasteiger partial charge on any atom is 0.348 e. The quantitative estimate of drug-likeness (QED) is 0.370. The maximum atomic E-state index is 12.8. The van der Waals surface area contributed by atoms with Crippen LogP contribution in [0.25, 0.3) is 10.2 Å². The minimum atomic E-state index is -0.488. The summed E-state index contributed by atoms with van der Waals surface area (Å²) in [5.74, 6) is 0.00196. The molecule has 2 N–H and O–H groups in total. The molecule has 0 amide bonds. The highest BCUT2D eigenvalue weighted by Crippen LogP contribution is 2.27. The van der Waals surface area contributed by atoms with Gasteiger partial charge in [0.15, 0.2) is 0 Å². The summed E-state index contributed by atoms with van der Waals surface area (Å²) in [6.07, 6.45) is 1.65. The van der Waals surface area contributed by atoms with Crippen molar-refractivity contribution < 1.29 is 14.6 Å². The number of aromatic amines is 1. The number of aliphatic hydroxyl groups excluding tert-OH is 1. The molecular formula is C23H27N3O4S. The van der Waals surface area contributed by atoms with Crippen LogP contribution in [0.4, 0.5) is 0 Å². The predicted molar refractivity (Wildman–Crippen MR) is 122 cm³/mol. The number of carbonyl (C=O) groups is 1. The van der Waals surface area contributed by atoms with Gasteiger partial charge in [0, 0.05) is 13.1 Å². The van der Waals surface area contributed by atoms with Crippen molar-refractivity contribution in [3.05, 3.63) is 75.2 Å². The molecule has 164 valence electrons. The summed E-state index contributed by atoms with van der Waals surface area (Å²) >= 11 is 1.15. The Morgan fingerprint density at radius 1 is 1.35 bits per heavy atom. The third kappa shape index (κ3) is 5.66. The summed E-state index contributed by atoms with van der Waals surface area (Å²) in [6.45, 7) is 8.73. The van der Waals surface area contributed by atoms with Gasteiger partial charge in [-0.3, -0.25) is 9.69 Å². The van der Waals surface area contributed by atoms with Gasteiger partial charge in [-0.15, -0.1) is 11.3 Å². The van der Waals surface area contributed by atoms with E-state index in [1.165, 1.54) is 6.08 Å². The lowest BCUT2D eigenvalue weighted by atomic mass is 10.2. The Morgan fingerprint density at radius 3 is 2.77 bits per heavy atom. The fourth-order valence-corrected chi connectivity index (χ4v) is 4.42. The van der Waals surface area contributed by atoms with Crippen LogP contribution in [0.3, 0.4) is 0 Å². The Balaban J connectivity index is 1.89. The van der Waals surface area contributed by atoms with Crippen molar-refractivity contribution in [1.82, 2.24) is 14.9 Å². The Morgan fingerprint density at radius 2 is 2.10 bits per heavy atom. The second kappa shape index (κ2) is 10.5. The summed E-state index contributed by atoms with van der Waals surface area (Å²) in [5.41, 5.74) is 1.39. The Labute approximate surface area is 185 Å². The molecule has 0 fully saturated rings. The number of benzene rings is 1. The van der Waals surface area contributed by atoms with Crippen LogP contribution in [0.1, 0.15) is 40.0 Å². The zero-order valence-corrected chi connectivity index (χ0v) is 18.6. The number of carbonyl (C=O) groups excluding carboxylic acids is 1. The van der Waals surface area contributed by atoms with Gasteiger partial charge in [0.2, 0.25) is 0 Å². The molecule has 0 bridgehead atoms. The van der Waals surface area contributed by atoms with E-state index in [2.05, 4.69) is 16.5 Å². The number of aliphatic hydroxyl groups is 1. The summed E-state index contributed by atoms with van der Waals surface area (Å²) in [5, 5.41) is 10.6. The van der Waals surface area contributed by atoms with E-state index >= 15 is 0 Å². The lowest BCUT2D eigenvalue weighted by Crippen LogP contribution is -2.32. The molecule has 8 heteroatoms. The van der Waals surface area contributed by atoms with Gasteiger partial charge < -0.3 is 14.8 Å².